The van der Waals surface area contributed by atoms with Gasteiger partial charge in [-0.15, -0.1) is 0 Å². The van der Waals surface area contributed by atoms with E-state index < -0.39 is 11.9 Å². The summed E-state index contributed by atoms with van der Waals surface area (Å²) >= 11 is 0. The Balaban J connectivity index is 2.30. The van der Waals surface area contributed by atoms with Crippen molar-refractivity contribution >= 4 is 23.6 Å². The first kappa shape index (κ1) is 18.9. The minimum atomic E-state index is -0.603. The second-order valence-corrected chi connectivity index (χ2v) is 6.07. The Hall–Kier alpha value is -2.18. The maximum absolute atomic E-state index is 12.1. The molecule has 23 heavy (non-hydrogen) atoms. The number of nitrogens with zero attached hydrogens (tertiary/aromatic N) is 2. The van der Waals surface area contributed by atoms with Crippen LogP contribution in [0.4, 0.5) is 0 Å². The fraction of sp³-hybridized carbons (Fsp3) is 0.625. The first-order chi connectivity index (χ1) is 10.8. The standard InChI is InChI=1S/C16H25N3O4/c1-11(2)15(16(17)23)18(3)12(20)7-5-4-6-10-19-13(21)8-9-14(19)22/h8-9,11,15H,4-7,10H2,1-3H3,(H2,17,23)/t15-/m0/s1. The topological polar surface area (TPSA) is 101 Å². The van der Waals surface area contributed by atoms with Crippen LogP contribution in [0.25, 0.3) is 0 Å². The second kappa shape index (κ2) is 8.45. The molecule has 128 valence electrons. The number of nitrogens with two attached hydrogens (primary N) is 1. The van der Waals surface area contributed by atoms with E-state index in [1.54, 1.807) is 7.05 Å². The Bertz CT molecular complexity index is 495. The molecule has 0 saturated heterocycles. The summed E-state index contributed by atoms with van der Waals surface area (Å²) < 4.78 is 0. The van der Waals surface area contributed by atoms with E-state index in [4.69, 9.17) is 5.73 Å². The van der Waals surface area contributed by atoms with Gasteiger partial charge in [0.2, 0.25) is 11.8 Å². The molecule has 1 heterocycles. The van der Waals surface area contributed by atoms with Crippen LogP contribution in [0, 0.1) is 5.92 Å². The van der Waals surface area contributed by atoms with Gasteiger partial charge in [0.1, 0.15) is 6.04 Å². The lowest BCUT2D eigenvalue weighted by Gasteiger charge is -2.28. The van der Waals surface area contributed by atoms with Gasteiger partial charge < -0.3 is 10.6 Å². The number of imide groups is 1. The van der Waals surface area contributed by atoms with Gasteiger partial charge in [-0.05, 0) is 18.8 Å². The summed E-state index contributed by atoms with van der Waals surface area (Å²) in [7, 11) is 1.59. The average Bonchev–Trinajstić information content (AvgIpc) is 2.77. The summed E-state index contributed by atoms with van der Waals surface area (Å²) in [4.78, 5) is 48.9. The SMILES string of the molecule is CC(C)[C@@H](C(N)=O)N(C)C(=O)CCCCCN1C(=O)C=CC1=O. The van der Waals surface area contributed by atoms with Crippen molar-refractivity contribution < 1.29 is 19.2 Å². The highest BCUT2D eigenvalue weighted by molar-refractivity contribution is 6.12. The maximum Gasteiger partial charge on any atom is 0.253 e. The van der Waals surface area contributed by atoms with Crippen molar-refractivity contribution in [3.63, 3.8) is 0 Å². The summed E-state index contributed by atoms with van der Waals surface area (Å²) in [5, 5.41) is 0. The van der Waals surface area contributed by atoms with Crippen LogP contribution in [-0.2, 0) is 19.2 Å². The van der Waals surface area contributed by atoms with Crippen molar-refractivity contribution in [1.82, 2.24) is 9.80 Å². The lowest BCUT2D eigenvalue weighted by Crippen LogP contribution is -2.48. The molecule has 4 amide bonds. The first-order valence-electron chi connectivity index (χ1n) is 7.84. The van der Waals surface area contributed by atoms with Gasteiger partial charge >= 0.3 is 0 Å². The lowest BCUT2D eigenvalue weighted by atomic mass is 10.0. The van der Waals surface area contributed by atoms with E-state index in [9.17, 15) is 19.2 Å². The molecule has 0 radical (unpaired) electrons. The monoisotopic (exact) mass is 323 g/mol. The van der Waals surface area contributed by atoms with Crippen LogP contribution in [-0.4, -0.2) is 53.1 Å². The third-order valence-electron chi connectivity index (χ3n) is 3.91. The zero-order valence-corrected chi connectivity index (χ0v) is 13.9. The smallest absolute Gasteiger partial charge is 0.253 e. The molecule has 0 fully saturated rings. The molecule has 0 aromatic rings. The van der Waals surface area contributed by atoms with Gasteiger partial charge in [-0.25, -0.2) is 0 Å². The summed E-state index contributed by atoms with van der Waals surface area (Å²) in [6.07, 6.45) is 4.84. The highest BCUT2D eigenvalue weighted by Crippen LogP contribution is 2.12. The van der Waals surface area contributed by atoms with Crippen LogP contribution < -0.4 is 5.73 Å². The van der Waals surface area contributed by atoms with E-state index in [0.717, 1.165) is 6.42 Å². The van der Waals surface area contributed by atoms with Crippen LogP contribution in [0.15, 0.2) is 12.2 Å². The molecule has 0 unspecified atom stereocenters. The summed E-state index contributed by atoms with van der Waals surface area (Å²) in [6, 6.07) is -0.603. The molecule has 0 bridgehead atoms. The molecule has 2 N–H and O–H groups in total. The van der Waals surface area contributed by atoms with Gasteiger partial charge in [-0.3, -0.25) is 24.1 Å². The highest BCUT2D eigenvalue weighted by atomic mass is 16.2. The van der Waals surface area contributed by atoms with E-state index in [1.165, 1.54) is 22.0 Å². The minimum absolute atomic E-state index is 0.0406. The van der Waals surface area contributed by atoms with Crippen LogP contribution in [0.3, 0.4) is 0 Å². The molecule has 0 aromatic heterocycles. The fourth-order valence-electron chi connectivity index (χ4n) is 2.67. The van der Waals surface area contributed by atoms with E-state index >= 15 is 0 Å². The molecule has 7 nitrogen and oxygen atoms in total. The van der Waals surface area contributed by atoms with E-state index in [1.807, 2.05) is 13.8 Å². The molecule has 1 aliphatic rings. The molecular weight excluding hydrogens is 298 g/mol. The molecule has 0 aromatic carbocycles. The minimum Gasteiger partial charge on any atom is -0.368 e. The molecule has 1 aliphatic heterocycles. The number of likely N-dealkylation sites (N-methyl/N-ethyl adjacent to an activating group) is 1. The Morgan fingerprint density at radius 1 is 1.13 bits per heavy atom. The molecule has 0 aliphatic carbocycles. The Morgan fingerprint density at radius 2 is 1.70 bits per heavy atom. The van der Waals surface area contributed by atoms with Crippen molar-refractivity contribution in [3.8, 4) is 0 Å². The van der Waals surface area contributed by atoms with Crippen molar-refractivity contribution in [1.29, 1.82) is 0 Å². The van der Waals surface area contributed by atoms with Gasteiger partial charge in [0.05, 0.1) is 0 Å². The Morgan fingerprint density at radius 3 is 2.17 bits per heavy atom. The second-order valence-electron chi connectivity index (χ2n) is 6.07. The van der Waals surface area contributed by atoms with Crippen LogP contribution >= 0.6 is 0 Å². The summed E-state index contributed by atoms with van der Waals surface area (Å²) in [6.45, 7) is 4.05. The molecule has 0 spiro atoms. The third kappa shape index (κ3) is 5.19. The predicted molar refractivity (Wildman–Crippen MR) is 84.9 cm³/mol. The maximum atomic E-state index is 12.1. The predicted octanol–water partition coefficient (Wildman–Crippen LogP) is 0.440. The van der Waals surface area contributed by atoms with Gasteiger partial charge in [-0.1, -0.05) is 20.3 Å². The number of rotatable bonds is 9. The van der Waals surface area contributed by atoms with Crippen molar-refractivity contribution in [2.24, 2.45) is 11.7 Å². The van der Waals surface area contributed by atoms with Gasteiger partial charge in [0.25, 0.3) is 11.8 Å². The van der Waals surface area contributed by atoms with Gasteiger partial charge in [0, 0.05) is 32.2 Å². The number of unbranched alkanes of at least 4 members (excludes halogenated alkanes) is 2. The first-order valence-corrected chi connectivity index (χ1v) is 7.84. The van der Waals surface area contributed by atoms with Crippen molar-refractivity contribution in [2.75, 3.05) is 13.6 Å². The lowest BCUT2D eigenvalue weighted by molar-refractivity contribution is -0.139. The van der Waals surface area contributed by atoms with Gasteiger partial charge in [-0.2, -0.15) is 0 Å². The highest BCUT2D eigenvalue weighted by Gasteiger charge is 2.27. The van der Waals surface area contributed by atoms with Crippen LogP contribution in [0.2, 0.25) is 0 Å². The van der Waals surface area contributed by atoms with E-state index in [0.29, 0.717) is 25.8 Å². The Kier molecular flexibility index (Phi) is 6.93. The quantitative estimate of drug-likeness (QED) is 0.491. The molecular formula is C16H25N3O4. The van der Waals surface area contributed by atoms with E-state index in [2.05, 4.69) is 0 Å². The van der Waals surface area contributed by atoms with Crippen molar-refractivity contribution in [3.05, 3.63) is 12.2 Å². The Labute approximate surface area is 136 Å². The average molecular weight is 323 g/mol. The molecule has 1 atom stereocenters. The fourth-order valence-corrected chi connectivity index (χ4v) is 2.67. The third-order valence-corrected chi connectivity index (χ3v) is 3.91. The number of amides is 4. The largest absolute Gasteiger partial charge is 0.368 e. The molecule has 0 saturated carbocycles. The normalized spacial score (nSPS) is 15.4. The van der Waals surface area contributed by atoms with E-state index in [-0.39, 0.29) is 23.6 Å². The summed E-state index contributed by atoms with van der Waals surface area (Å²) in [5.74, 6) is -1.24. The van der Waals surface area contributed by atoms with Crippen LogP contribution in [0.1, 0.15) is 39.5 Å². The summed E-state index contributed by atoms with van der Waals surface area (Å²) in [5.41, 5.74) is 5.34. The number of primary amides is 1. The number of carbonyl (C=O) groups excluding carboxylic acids is 4. The van der Waals surface area contributed by atoms with Crippen molar-refractivity contribution in [2.45, 2.75) is 45.6 Å². The number of hydrogen-bond donors (Lipinski definition) is 1. The molecule has 1 rings (SSSR count). The van der Waals surface area contributed by atoms with Crippen LogP contribution in [0.5, 0.6) is 0 Å². The zero-order chi connectivity index (χ0) is 17.6. The number of hydrogen-bond acceptors (Lipinski definition) is 4. The zero-order valence-electron chi connectivity index (χ0n) is 13.9. The number of carbonyl (C=O) groups is 4. The molecule has 7 heteroatoms. The van der Waals surface area contributed by atoms with Gasteiger partial charge in [0.15, 0.2) is 0 Å².